The summed E-state index contributed by atoms with van der Waals surface area (Å²) in [4.78, 5) is 11.9. The van der Waals surface area contributed by atoms with Crippen LogP contribution in [0.1, 0.15) is 23.5 Å². The molecule has 3 rings (SSSR count). The number of nitrogens with two attached hydrogens (primary N) is 1. The molecule has 106 valence electrons. The summed E-state index contributed by atoms with van der Waals surface area (Å²) in [7, 11) is 0. The number of carbonyl (C=O) groups is 1. The first-order valence-electron chi connectivity index (χ1n) is 7.11. The number of nitrogen functional groups attached to an aromatic ring is 1. The van der Waals surface area contributed by atoms with Crippen molar-refractivity contribution in [2.45, 2.75) is 18.4 Å². The van der Waals surface area contributed by atoms with Crippen LogP contribution >= 0.6 is 0 Å². The quantitative estimate of drug-likeness (QED) is 0.667. The highest BCUT2D eigenvalue weighted by molar-refractivity contribution is 5.92. The molecule has 0 radical (unpaired) electrons. The van der Waals surface area contributed by atoms with Crippen molar-refractivity contribution in [3.63, 3.8) is 0 Å². The summed E-state index contributed by atoms with van der Waals surface area (Å²) in [5.74, 6) is 0.400. The molecule has 0 bridgehead atoms. The summed E-state index contributed by atoms with van der Waals surface area (Å²) >= 11 is 0. The van der Waals surface area contributed by atoms with Crippen LogP contribution in [0.25, 0.3) is 6.08 Å². The number of hydrogen-bond donors (Lipinski definition) is 2. The molecular formula is C18H18N2O. The van der Waals surface area contributed by atoms with Crippen molar-refractivity contribution in [3.05, 3.63) is 71.8 Å². The first kappa shape index (κ1) is 13.4. The summed E-state index contributed by atoms with van der Waals surface area (Å²) < 4.78 is 0. The van der Waals surface area contributed by atoms with Crippen LogP contribution in [0.5, 0.6) is 0 Å². The SMILES string of the molecule is Nc1cccc(/C=C/C(=O)NC2CC2c2ccccc2)c1. The van der Waals surface area contributed by atoms with Crippen LogP contribution in [-0.4, -0.2) is 11.9 Å². The van der Waals surface area contributed by atoms with Gasteiger partial charge in [-0.05, 0) is 35.8 Å². The van der Waals surface area contributed by atoms with Gasteiger partial charge < -0.3 is 11.1 Å². The number of anilines is 1. The maximum atomic E-state index is 11.9. The number of hydrogen-bond acceptors (Lipinski definition) is 2. The Labute approximate surface area is 124 Å². The zero-order valence-electron chi connectivity index (χ0n) is 11.7. The first-order chi connectivity index (χ1) is 10.2. The maximum absolute atomic E-state index is 11.9. The molecule has 3 heteroatoms. The van der Waals surface area contributed by atoms with E-state index in [4.69, 9.17) is 5.73 Å². The van der Waals surface area contributed by atoms with Crippen LogP contribution in [0.3, 0.4) is 0 Å². The van der Waals surface area contributed by atoms with Gasteiger partial charge in [0.25, 0.3) is 0 Å². The number of carbonyl (C=O) groups excluding carboxylic acids is 1. The Hall–Kier alpha value is -2.55. The van der Waals surface area contributed by atoms with Gasteiger partial charge in [-0.2, -0.15) is 0 Å². The van der Waals surface area contributed by atoms with Crippen LogP contribution in [0.15, 0.2) is 60.7 Å². The lowest BCUT2D eigenvalue weighted by Crippen LogP contribution is -2.24. The second-order valence-electron chi connectivity index (χ2n) is 5.37. The minimum atomic E-state index is -0.0548. The molecule has 1 aliphatic rings. The van der Waals surface area contributed by atoms with Crippen LogP contribution in [0, 0.1) is 0 Å². The van der Waals surface area contributed by atoms with Crippen molar-refractivity contribution in [3.8, 4) is 0 Å². The highest BCUT2D eigenvalue weighted by atomic mass is 16.1. The zero-order chi connectivity index (χ0) is 14.7. The van der Waals surface area contributed by atoms with Gasteiger partial charge in [0.2, 0.25) is 5.91 Å². The first-order valence-corrected chi connectivity index (χ1v) is 7.11. The van der Waals surface area contributed by atoms with Gasteiger partial charge in [-0.25, -0.2) is 0 Å². The van der Waals surface area contributed by atoms with E-state index < -0.39 is 0 Å². The maximum Gasteiger partial charge on any atom is 0.244 e. The van der Waals surface area contributed by atoms with E-state index >= 15 is 0 Å². The third kappa shape index (κ3) is 3.51. The number of benzene rings is 2. The summed E-state index contributed by atoms with van der Waals surface area (Å²) in [6.07, 6.45) is 4.36. The van der Waals surface area contributed by atoms with Gasteiger partial charge in [-0.3, -0.25) is 4.79 Å². The molecule has 0 spiro atoms. The van der Waals surface area contributed by atoms with Gasteiger partial charge in [0.05, 0.1) is 0 Å². The lowest BCUT2D eigenvalue weighted by molar-refractivity contribution is -0.116. The van der Waals surface area contributed by atoms with Crippen LogP contribution in [0.2, 0.25) is 0 Å². The highest BCUT2D eigenvalue weighted by Crippen LogP contribution is 2.40. The topological polar surface area (TPSA) is 55.1 Å². The third-order valence-corrected chi connectivity index (χ3v) is 3.68. The molecule has 0 aromatic heterocycles. The molecule has 2 unspecified atom stereocenters. The minimum Gasteiger partial charge on any atom is -0.399 e. The van der Waals surface area contributed by atoms with E-state index in [1.807, 2.05) is 42.5 Å². The Morgan fingerprint density at radius 3 is 2.71 bits per heavy atom. The van der Waals surface area contributed by atoms with Crippen molar-refractivity contribution >= 4 is 17.7 Å². The van der Waals surface area contributed by atoms with E-state index in [1.54, 1.807) is 12.2 Å². The van der Waals surface area contributed by atoms with Gasteiger partial charge in [0, 0.05) is 23.7 Å². The molecule has 0 heterocycles. The van der Waals surface area contributed by atoms with Crippen LogP contribution in [0.4, 0.5) is 5.69 Å². The Bertz CT molecular complexity index is 664. The van der Waals surface area contributed by atoms with Crippen molar-refractivity contribution in [1.29, 1.82) is 0 Å². The molecule has 3 N–H and O–H groups in total. The monoisotopic (exact) mass is 278 g/mol. The Morgan fingerprint density at radius 1 is 1.14 bits per heavy atom. The lowest BCUT2D eigenvalue weighted by Gasteiger charge is -2.02. The van der Waals surface area contributed by atoms with Crippen molar-refractivity contribution < 1.29 is 4.79 Å². The fourth-order valence-corrected chi connectivity index (χ4v) is 2.49. The van der Waals surface area contributed by atoms with Crippen molar-refractivity contribution in [2.75, 3.05) is 5.73 Å². The Kier molecular flexibility index (Phi) is 3.73. The smallest absolute Gasteiger partial charge is 0.244 e. The number of nitrogens with one attached hydrogen (secondary N) is 1. The summed E-state index contributed by atoms with van der Waals surface area (Å²) in [6, 6.07) is 18.0. The predicted octanol–water partition coefficient (Wildman–Crippen LogP) is 2.95. The summed E-state index contributed by atoms with van der Waals surface area (Å²) in [5.41, 5.74) is 8.63. The third-order valence-electron chi connectivity index (χ3n) is 3.68. The molecule has 0 aliphatic heterocycles. The summed E-state index contributed by atoms with van der Waals surface area (Å²) in [5, 5.41) is 3.03. The van der Waals surface area contributed by atoms with E-state index in [0.717, 1.165) is 12.0 Å². The summed E-state index contributed by atoms with van der Waals surface area (Å²) in [6.45, 7) is 0. The second-order valence-corrected chi connectivity index (χ2v) is 5.37. The molecule has 1 fully saturated rings. The second kappa shape index (κ2) is 5.83. The average Bonchev–Trinajstić information content (AvgIpc) is 3.25. The highest BCUT2D eigenvalue weighted by Gasteiger charge is 2.38. The van der Waals surface area contributed by atoms with E-state index in [9.17, 15) is 4.79 Å². The number of rotatable bonds is 4. The molecule has 1 aliphatic carbocycles. The average molecular weight is 278 g/mol. The largest absolute Gasteiger partial charge is 0.399 e. The minimum absolute atomic E-state index is 0.0548. The van der Waals surface area contributed by atoms with Crippen LogP contribution < -0.4 is 11.1 Å². The zero-order valence-corrected chi connectivity index (χ0v) is 11.7. The van der Waals surface area contributed by atoms with Gasteiger partial charge in [0.15, 0.2) is 0 Å². The molecule has 21 heavy (non-hydrogen) atoms. The Balaban J connectivity index is 1.54. The standard InChI is InChI=1S/C18H18N2O/c19-15-8-4-5-13(11-15)9-10-18(21)20-17-12-16(17)14-6-2-1-3-7-14/h1-11,16-17H,12,19H2,(H,20,21)/b10-9+. The van der Waals surface area contributed by atoms with Gasteiger partial charge in [-0.1, -0.05) is 42.5 Å². The van der Waals surface area contributed by atoms with E-state index in [0.29, 0.717) is 11.6 Å². The molecule has 2 aromatic rings. The van der Waals surface area contributed by atoms with Gasteiger partial charge in [-0.15, -0.1) is 0 Å². The molecule has 3 nitrogen and oxygen atoms in total. The predicted molar refractivity (Wildman–Crippen MR) is 85.6 cm³/mol. The molecule has 2 atom stereocenters. The normalized spacial score (nSPS) is 20.4. The molecular weight excluding hydrogens is 260 g/mol. The van der Waals surface area contributed by atoms with E-state index in [-0.39, 0.29) is 11.9 Å². The molecule has 1 amide bonds. The fourth-order valence-electron chi connectivity index (χ4n) is 2.49. The van der Waals surface area contributed by atoms with Crippen molar-refractivity contribution in [1.82, 2.24) is 5.32 Å². The molecule has 0 saturated heterocycles. The lowest BCUT2D eigenvalue weighted by atomic mass is 10.1. The van der Waals surface area contributed by atoms with Gasteiger partial charge in [0.1, 0.15) is 0 Å². The van der Waals surface area contributed by atoms with Crippen LogP contribution in [-0.2, 0) is 4.79 Å². The number of amides is 1. The van der Waals surface area contributed by atoms with Gasteiger partial charge >= 0.3 is 0 Å². The Morgan fingerprint density at radius 2 is 1.95 bits per heavy atom. The van der Waals surface area contributed by atoms with E-state index in [1.165, 1.54) is 5.56 Å². The van der Waals surface area contributed by atoms with Crippen molar-refractivity contribution in [2.24, 2.45) is 0 Å². The van der Waals surface area contributed by atoms with E-state index in [2.05, 4.69) is 17.4 Å². The molecule has 2 aromatic carbocycles. The fraction of sp³-hybridized carbons (Fsp3) is 0.167. The molecule has 1 saturated carbocycles.